The van der Waals surface area contributed by atoms with Gasteiger partial charge in [0, 0.05) is 36.8 Å². The van der Waals surface area contributed by atoms with Crippen LogP contribution in [0.25, 0.3) is 16.7 Å². The van der Waals surface area contributed by atoms with Gasteiger partial charge >= 0.3 is 0 Å². The van der Waals surface area contributed by atoms with Gasteiger partial charge in [-0.3, -0.25) is 9.78 Å². The molecule has 0 N–H and O–H groups in total. The van der Waals surface area contributed by atoms with E-state index in [0.29, 0.717) is 18.0 Å². The van der Waals surface area contributed by atoms with Crippen molar-refractivity contribution in [2.45, 2.75) is 12.8 Å². The van der Waals surface area contributed by atoms with E-state index in [1.165, 1.54) is 28.0 Å². The van der Waals surface area contributed by atoms with Gasteiger partial charge in [0.1, 0.15) is 0 Å². The average Bonchev–Trinajstić information content (AvgIpc) is 3.53. The Balaban J connectivity index is 1.39. The van der Waals surface area contributed by atoms with Crippen LogP contribution in [0, 0.1) is 0 Å². The molecule has 0 spiro atoms. The van der Waals surface area contributed by atoms with E-state index in [4.69, 9.17) is 14.5 Å². The number of allylic oxidation sites excluding steroid dienone is 2. The van der Waals surface area contributed by atoms with E-state index < -0.39 is 0 Å². The van der Waals surface area contributed by atoms with Crippen LogP contribution in [0.15, 0.2) is 65.7 Å². The standard InChI is InChI=1S/C26H24N2O3S/c1-30-23-8-5-18(15-24(23)31-2)19-14-21-20(6-7-22(21)27-16-19)17-9-11-28(12-10-17)26(29)25-4-3-13-32-25/h3-6,8-9,13-16H,7,10-12H2,1-2H3. The van der Waals surface area contributed by atoms with Crippen molar-refractivity contribution in [2.75, 3.05) is 27.3 Å². The van der Waals surface area contributed by atoms with Gasteiger partial charge in [-0.2, -0.15) is 0 Å². The lowest BCUT2D eigenvalue weighted by molar-refractivity contribution is 0.0774. The Labute approximate surface area is 191 Å². The van der Waals surface area contributed by atoms with Gasteiger partial charge in [0.2, 0.25) is 0 Å². The second kappa shape index (κ2) is 8.63. The summed E-state index contributed by atoms with van der Waals surface area (Å²) in [4.78, 5) is 20.1. The molecule has 0 saturated carbocycles. The second-order valence-corrected chi connectivity index (χ2v) is 8.77. The van der Waals surface area contributed by atoms with Gasteiger partial charge < -0.3 is 14.4 Å². The largest absolute Gasteiger partial charge is 0.493 e. The summed E-state index contributed by atoms with van der Waals surface area (Å²) in [7, 11) is 3.28. The summed E-state index contributed by atoms with van der Waals surface area (Å²) >= 11 is 1.50. The molecule has 1 aromatic carbocycles. The third-order valence-corrected chi connectivity index (χ3v) is 6.91. The van der Waals surface area contributed by atoms with E-state index >= 15 is 0 Å². The fourth-order valence-electron chi connectivity index (χ4n) is 4.33. The molecule has 3 heterocycles. The summed E-state index contributed by atoms with van der Waals surface area (Å²) in [6, 6.07) is 12.0. The molecule has 0 fully saturated rings. The quantitative estimate of drug-likeness (QED) is 0.540. The van der Waals surface area contributed by atoms with Crippen molar-refractivity contribution in [1.82, 2.24) is 9.88 Å². The molecule has 0 atom stereocenters. The van der Waals surface area contributed by atoms with Gasteiger partial charge in [-0.15, -0.1) is 11.3 Å². The maximum Gasteiger partial charge on any atom is 0.264 e. The SMILES string of the molecule is COc1ccc(-c2cnc3c(c2)C(C2=CCN(C(=O)c4cccs4)CC2)=CC3)cc1OC. The topological polar surface area (TPSA) is 51.7 Å². The number of nitrogens with zero attached hydrogens (tertiary/aromatic N) is 2. The summed E-state index contributed by atoms with van der Waals surface area (Å²) in [5, 5.41) is 1.95. The summed E-state index contributed by atoms with van der Waals surface area (Å²) in [6.45, 7) is 1.37. The van der Waals surface area contributed by atoms with Crippen LogP contribution >= 0.6 is 11.3 Å². The lowest BCUT2D eigenvalue weighted by Crippen LogP contribution is -2.34. The van der Waals surface area contributed by atoms with Crippen LogP contribution < -0.4 is 9.47 Å². The van der Waals surface area contributed by atoms with Gasteiger partial charge in [0.05, 0.1) is 24.8 Å². The first kappa shape index (κ1) is 20.5. The Hall–Kier alpha value is -3.38. The van der Waals surface area contributed by atoms with Gasteiger partial charge in [-0.1, -0.05) is 24.3 Å². The maximum absolute atomic E-state index is 12.7. The summed E-state index contributed by atoms with van der Waals surface area (Å²) < 4.78 is 10.8. The van der Waals surface area contributed by atoms with Gasteiger partial charge in [-0.25, -0.2) is 0 Å². The van der Waals surface area contributed by atoms with Crippen LogP contribution in [-0.2, 0) is 6.42 Å². The number of rotatable bonds is 5. The van der Waals surface area contributed by atoms with Crippen LogP contribution in [0.3, 0.4) is 0 Å². The van der Waals surface area contributed by atoms with Crippen LogP contribution in [0.4, 0.5) is 0 Å². The number of thiophene rings is 1. The highest BCUT2D eigenvalue weighted by molar-refractivity contribution is 7.12. The number of benzene rings is 1. The Morgan fingerprint density at radius 3 is 2.66 bits per heavy atom. The van der Waals surface area contributed by atoms with Crippen molar-refractivity contribution < 1.29 is 14.3 Å². The fraction of sp³-hybridized carbons (Fsp3) is 0.231. The molecule has 162 valence electrons. The molecule has 5 nitrogen and oxygen atoms in total. The third-order valence-electron chi connectivity index (χ3n) is 6.05. The molecule has 32 heavy (non-hydrogen) atoms. The predicted octanol–water partition coefficient (Wildman–Crippen LogP) is 5.24. The lowest BCUT2D eigenvalue weighted by Gasteiger charge is -2.27. The molecule has 1 amide bonds. The molecular weight excluding hydrogens is 420 g/mol. The molecule has 5 rings (SSSR count). The number of hydrogen-bond donors (Lipinski definition) is 0. The minimum absolute atomic E-state index is 0.119. The number of hydrogen-bond acceptors (Lipinski definition) is 5. The Bertz CT molecular complexity index is 1230. The number of amides is 1. The Morgan fingerprint density at radius 2 is 1.94 bits per heavy atom. The van der Waals surface area contributed by atoms with E-state index in [-0.39, 0.29) is 5.91 Å². The van der Waals surface area contributed by atoms with Crippen molar-refractivity contribution >= 4 is 22.8 Å². The van der Waals surface area contributed by atoms with Crippen LogP contribution in [0.5, 0.6) is 11.5 Å². The van der Waals surface area contributed by atoms with E-state index in [2.05, 4.69) is 18.2 Å². The summed E-state index contributed by atoms with van der Waals surface area (Å²) in [5.74, 6) is 1.53. The highest BCUT2D eigenvalue weighted by atomic mass is 32.1. The Kier molecular flexibility index (Phi) is 5.53. The lowest BCUT2D eigenvalue weighted by atomic mass is 9.94. The smallest absolute Gasteiger partial charge is 0.264 e. The highest BCUT2D eigenvalue weighted by Crippen LogP contribution is 2.38. The van der Waals surface area contributed by atoms with Crippen molar-refractivity contribution in [1.29, 1.82) is 0 Å². The molecule has 3 aromatic rings. The van der Waals surface area contributed by atoms with Gasteiger partial charge in [-0.05, 0) is 52.8 Å². The predicted molar refractivity (Wildman–Crippen MR) is 127 cm³/mol. The van der Waals surface area contributed by atoms with Crippen LogP contribution in [-0.4, -0.2) is 43.1 Å². The monoisotopic (exact) mass is 444 g/mol. The second-order valence-electron chi connectivity index (χ2n) is 7.82. The zero-order valence-electron chi connectivity index (χ0n) is 18.1. The number of carbonyl (C=O) groups is 1. The number of pyridine rings is 1. The van der Waals surface area contributed by atoms with Gasteiger partial charge in [0.25, 0.3) is 5.91 Å². The molecule has 0 radical (unpaired) electrons. The van der Waals surface area contributed by atoms with E-state index in [1.54, 1.807) is 14.2 Å². The summed E-state index contributed by atoms with van der Waals surface area (Å²) in [6.07, 6.45) is 8.07. The van der Waals surface area contributed by atoms with Gasteiger partial charge in [0.15, 0.2) is 11.5 Å². The molecule has 1 aliphatic carbocycles. The fourth-order valence-corrected chi connectivity index (χ4v) is 5.02. The van der Waals surface area contributed by atoms with E-state index in [1.807, 2.05) is 46.8 Å². The first-order valence-corrected chi connectivity index (χ1v) is 11.5. The highest BCUT2D eigenvalue weighted by Gasteiger charge is 2.24. The number of carbonyl (C=O) groups excluding carboxylic acids is 1. The molecule has 6 heteroatoms. The zero-order chi connectivity index (χ0) is 22.1. The molecule has 0 unspecified atom stereocenters. The van der Waals surface area contributed by atoms with Crippen LogP contribution in [0.2, 0.25) is 0 Å². The normalized spacial score (nSPS) is 15.1. The zero-order valence-corrected chi connectivity index (χ0v) is 18.9. The minimum Gasteiger partial charge on any atom is -0.493 e. The average molecular weight is 445 g/mol. The molecule has 2 aliphatic rings. The number of fused-ring (bicyclic) bond motifs is 1. The molecule has 1 aliphatic heterocycles. The number of methoxy groups -OCH3 is 2. The van der Waals surface area contributed by atoms with Crippen molar-refractivity contribution in [3.8, 4) is 22.6 Å². The number of ether oxygens (including phenoxy) is 2. The van der Waals surface area contributed by atoms with E-state index in [0.717, 1.165) is 41.1 Å². The summed E-state index contributed by atoms with van der Waals surface area (Å²) in [5.41, 5.74) is 6.91. The molecule has 0 saturated heterocycles. The van der Waals surface area contributed by atoms with Crippen LogP contribution in [0.1, 0.15) is 27.3 Å². The first-order chi connectivity index (χ1) is 15.7. The Morgan fingerprint density at radius 1 is 1.06 bits per heavy atom. The minimum atomic E-state index is 0.119. The van der Waals surface area contributed by atoms with Crippen molar-refractivity contribution in [3.63, 3.8) is 0 Å². The molecular formula is C26H24N2O3S. The van der Waals surface area contributed by atoms with E-state index in [9.17, 15) is 4.79 Å². The van der Waals surface area contributed by atoms with Crippen molar-refractivity contribution in [3.05, 3.63) is 81.8 Å². The third kappa shape index (κ3) is 3.71. The molecule has 2 aromatic heterocycles. The number of aromatic nitrogens is 1. The molecule has 0 bridgehead atoms. The maximum atomic E-state index is 12.7. The van der Waals surface area contributed by atoms with Crippen molar-refractivity contribution in [2.24, 2.45) is 0 Å². The first-order valence-electron chi connectivity index (χ1n) is 10.6.